The summed E-state index contributed by atoms with van der Waals surface area (Å²) in [6.07, 6.45) is 1.49. The number of aromatic nitrogens is 1. The molecule has 1 rings (SSSR count). The number of nitrogens with zero attached hydrogens (tertiary/aromatic N) is 2. The van der Waals surface area contributed by atoms with Crippen LogP contribution in [0.2, 0.25) is 0 Å². The lowest BCUT2D eigenvalue weighted by molar-refractivity contribution is 0.0602. The Balaban J connectivity index is 3.01. The van der Waals surface area contributed by atoms with Crippen LogP contribution in [-0.4, -0.2) is 31.7 Å². The van der Waals surface area contributed by atoms with Crippen LogP contribution in [0.25, 0.3) is 0 Å². The Hall–Kier alpha value is -1.78. The molecule has 2 N–H and O–H groups in total. The molecule has 0 bridgehead atoms. The Morgan fingerprint density at radius 3 is 2.61 bits per heavy atom. The SMILES string of the molecule is COC(=O)c1cc(N(C)CC(C)(C)C)ncc1N. The van der Waals surface area contributed by atoms with E-state index in [1.54, 1.807) is 6.07 Å². The van der Waals surface area contributed by atoms with Gasteiger partial charge in [-0.1, -0.05) is 20.8 Å². The van der Waals surface area contributed by atoms with Crippen LogP contribution in [0.5, 0.6) is 0 Å². The summed E-state index contributed by atoms with van der Waals surface area (Å²) >= 11 is 0. The minimum absolute atomic E-state index is 0.142. The van der Waals surface area contributed by atoms with E-state index in [0.717, 1.165) is 6.54 Å². The second-order valence-electron chi connectivity index (χ2n) is 5.54. The van der Waals surface area contributed by atoms with Crippen LogP contribution in [0, 0.1) is 5.41 Å². The largest absolute Gasteiger partial charge is 0.465 e. The molecule has 5 nitrogen and oxygen atoms in total. The summed E-state index contributed by atoms with van der Waals surface area (Å²) in [5.41, 5.74) is 6.53. The number of nitrogen functional groups attached to an aromatic ring is 1. The van der Waals surface area contributed by atoms with Crippen molar-refractivity contribution in [3.63, 3.8) is 0 Å². The maximum Gasteiger partial charge on any atom is 0.340 e. The fraction of sp³-hybridized carbons (Fsp3) is 0.538. The van der Waals surface area contributed by atoms with Gasteiger partial charge in [0.1, 0.15) is 5.82 Å². The Morgan fingerprint density at radius 2 is 2.11 bits per heavy atom. The topological polar surface area (TPSA) is 68.5 Å². The molecule has 5 heteroatoms. The number of ether oxygens (including phenoxy) is 1. The first-order valence-corrected chi connectivity index (χ1v) is 5.79. The van der Waals surface area contributed by atoms with Gasteiger partial charge in [0.2, 0.25) is 0 Å². The normalized spacial score (nSPS) is 11.2. The Morgan fingerprint density at radius 1 is 1.50 bits per heavy atom. The van der Waals surface area contributed by atoms with Crippen molar-refractivity contribution in [2.75, 3.05) is 31.3 Å². The highest BCUT2D eigenvalue weighted by Crippen LogP contribution is 2.22. The molecule has 0 amide bonds. The molecule has 100 valence electrons. The third kappa shape index (κ3) is 3.61. The Kier molecular flexibility index (Phi) is 4.16. The number of esters is 1. The van der Waals surface area contributed by atoms with Crippen molar-refractivity contribution in [2.45, 2.75) is 20.8 Å². The summed E-state index contributed by atoms with van der Waals surface area (Å²) in [5, 5.41) is 0. The number of anilines is 2. The minimum Gasteiger partial charge on any atom is -0.465 e. The smallest absolute Gasteiger partial charge is 0.340 e. The zero-order valence-electron chi connectivity index (χ0n) is 11.7. The van der Waals surface area contributed by atoms with Crippen LogP contribution in [-0.2, 0) is 4.74 Å². The zero-order chi connectivity index (χ0) is 13.9. The summed E-state index contributed by atoms with van der Waals surface area (Å²) in [7, 11) is 3.27. The zero-order valence-corrected chi connectivity index (χ0v) is 11.7. The van der Waals surface area contributed by atoms with E-state index in [9.17, 15) is 4.79 Å². The third-order valence-electron chi connectivity index (χ3n) is 2.43. The van der Waals surface area contributed by atoms with E-state index in [1.807, 2.05) is 11.9 Å². The third-order valence-corrected chi connectivity index (χ3v) is 2.43. The molecule has 1 heterocycles. The average Bonchev–Trinajstić information content (AvgIpc) is 2.26. The molecule has 0 spiro atoms. The predicted molar refractivity (Wildman–Crippen MR) is 72.7 cm³/mol. The molecule has 1 aromatic rings. The van der Waals surface area contributed by atoms with Crippen LogP contribution in [0.3, 0.4) is 0 Å². The lowest BCUT2D eigenvalue weighted by Crippen LogP contribution is -2.30. The van der Waals surface area contributed by atoms with Gasteiger partial charge in [0, 0.05) is 13.6 Å². The monoisotopic (exact) mass is 251 g/mol. The second kappa shape index (κ2) is 5.25. The van der Waals surface area contributed by atoms with Gasteiger partial charge in [-0.05, 0) is 11.5 Å². The van der Waals surface area contributed by atoms with Gasteiger partial charge in [0.15, 0.2) is 0 Å². The molecule has 1 aromatic heterocycles. The second-order valence-corrected chi connectivity index (χ2v) is 5.54. The number of rotatable bonds is 3. The standard InChI is InChI=1S/C13H21N3O2/c1-13(2,3)8-16(4)11-6-9(12(17)18-5)10(14)7-15-11/h6-7H,8,14H2,1-5H3. The molecule has 0 unspecified atom stereocenters. The van der Waals surface area contributed by atoms with Crippen LogP contribution in [0.1, 0.15) is 31.1 Å². The fourth-order valence-corrected chi connectivity index (χ4v) is 1.74. The fourth-order valence-electron chi connectivity index (χ4n) is 1.74. The van der Waals surface area contributed by atoms with Crippen molar-refractivity contribution in [1.82, 2.24) is 4.98 Å². The molecule has 0 saturated carbocycles. The van der Waals surface area contributed by atoms with Gasteiger partial charge >= 0.3 is 5.97 Å². The van der Waals surface area contributed by atoms with Crippen LogP contribution in [0.15, 0.2) is 12.3 Å². The van der Waals surface area contributed by atoms with Crippen LogP contribution >= 0.6 is 0 Å². The summed E-state index contributed by atoms with van der Waals surface area (Å²) in [6, 6.07) is 1.66. The maximum atomic E-state index is 11.5. The Labute approximate surface area is 108 Å². The predicted octanol–water partition coefficient (Wildman–Crippen LogP) is 1.93. The first kappa shape index (κ1) is 14.3. The van der Waals surface area contributed by atoms with E-state index >= 15 is 0 Å². The van der Waals surface area contributed by atoms with Gasteiger partial charge in [0.25, 0.3) is 0 Å². The molecule has 0 atom stereocenters. The molecule has 0 aliphatic rings. The van der Waals surface area contributed by atoms with Gasteiger partial charge in [-0.2, -0.15) is 0 Å². The molecular weight excluding hydrogens is 230 g/mol. The van der Waals surface area contributed by atoms with Crippen LogP contribution < -0.4 is 10.6 Å². The molecule has 0 aromatic carbocycles. The molecule has 18 heavy (non-hydrogen) atoms. The maximum absolute atomic E-state index is 11.5. The highest BCUT2D eigenvalue weighted by atomic mass is 16.5. The minimum atomic E-state index is -0.444. The van der Waals surface area contributed by atoms with Crippen molar-refractivity contribution in [1.29, 1.82) is 0 Å². The van der Waals surface area contributed by atoms with Crippen molar-refractivity contribution >= 4 is 17.5 Å². The summed E-state index contributed by atoms with van der Waals surface area (Å²) in [4.78, 5) is 17.8. The number of carbonyl (C=O) groups excluding carboxylic acids is 1. The van der Waals surface area contributed by atoms with Crippen molar-refractivity contribution < 1.29 is 9.53 Å². The van der Waals surface area contributed by atoms with Crippen molar-refractivity contribution in [3.8, 4) is 0 Å². The summed E-state index contributed by atoms with van der Waals surface area (Å²) < 4.78 is 4.69. The molecule has 0 aliphatic heterocycles. The number of carbonyl (C=O) groups is 1. The van der Waals surface area contributed by atoms with Gasteiger partial charge in [0.05, 0.1) is 24.6 Å². The number of nitrogens with two attached hydrogens (primary N) is 1. The first-order chi connectivity index (χ1) is 8.24. The summed E-state index contributed by atoms with van der Waals surface area (Å²) in [6.45, 7) is 7.25. The van der Waals surface area contributed by atoms with Gasteiger partial charge in [-0.15, -0.1) is 0 Å². The van der Waals surface area contributed by atoms with Crippen LogP contribution in [0.4, 0.5) is 11.5 Å². The number of pyridine rings is 1. The molecule has 0 saturated heterocycles. The van der Waals surface area contributed by atoms with E-state index in [0.29, 0.717) is 17.1 Å². The lowest BCUT2D eigenvalue weighted by Gasteiger charge is -2.27. The Bertz CT molecular complexity index is 438. The van der Waals surface area contributed by atoms with E-state index in [-0.39, 0.29) is 5.41 Å². The van der Waals surface area contributed by atoms with E-state index in [4.69, 9.17) is 5.73 Å². The number of hydrogen-bond donors (Lipinski definition) is 1. The van der Waals surface area contributed by atoms with Gasteiger partial charge < -0.3 is 15.4 Å². The first-order valence-electron chi connectivity index (χ1n) is 5.79. The van der Waals surface area contributed by atoms with Gasteiger partial charge in [-0.3, -0.25) is 0 Å². The highest BCUT2D eigenvalue weighted by molar-refractivity contribution is 5.95. The lowest BCUT2D eigenvalue weighted by atomic mass is 9.96. The quantitative estimate of drug-likeness (QED) is 0.831. The number of hydrogen-bond acceptors (Lipinski definition) is 5. The molecule has 0 radical (unpaired) electrons. The van der Waals surface area contributed by atoms with Crippen molar-refractivity contribution in [3.05, 3.63) is 17.8 Å². The highest BCUT2D eigenvalue weighted by Gasteiger charge is 2.17. The molecular formula is C13H21N3O2. The molecule has 0 fully saturated rings. The molecule has 0 aliphatic carbocycles. The van der Waals surface area contributed by atoms with E-state index < -0.39 is 5.97 Å². The van der Waals surface area contributed by atoms with Crippen molar-refractivity contribution in [2.24, 2.45) is 5.41 Å². The van der Waals surface area contributed by atoms with E-state index in [2.05, 4.69) is 30.5 Å². The van der Waals surface area contributed by atoms with Gasteiger partial charge in [-0.25, -0.2) is 9.78 Å². The summed E-state index contributed by atoms with van der Waals surface area (Å²) in [5.74, 6) is 0.264. The average molecular weight is 251 g/mol. The van der Waals surface area contributed by atoms with E-state index in [1.165, 1.54) is 13.3 Å². The number of methoxy groups -OCH3 is 1.